The number of hydrogen-bond donors (Lipinski definition) is 2. The molecule has 2 aromatic rings. The van der Waals surface area contributed by atoms with Gasteiger partial charge in [0, 0.05) is 68.1 Å². The lowest BCUT2D eigenvalue weighted by atomic mass is 9.92. The molecule has 1 aromatic heterocycles. The smallest absolute Gasteiger partial charge is 0.251 e. The first-order valence-electron chi connectivity index (χ1n) is 10.5. The maximum absolute atomic E-state index is 13.0. The Bertz CT molecular complexity index is 815. The van der Waals surface area contributed by atoms with Crippen LogP contribution in [0.1, 0.15) is 42.5 Å². The molecule has 0 bridgehead atoms. The van der Waals surface area contributed by atoms with Crippen LogP contribution in [0.3, 0.4) is 0 Å². The van der Waals surface area contributed by atoms with Crippen molar-refractivity contribution in [3.63, 3.8) is 0 Å². The van der Waals surface area contributed by atoms with Gasteiger partial charge in [0.25, 0.3) is 5.91 Å². The zero-order valence-corrected chi connectivity index (χ0v) is 17.0. The number of amides is 1. The van der Waals surface area contributed by atoms with Crippen LogP contribution in [0.2, 0.25) is 0 Å². The molecular formula is C22H30N4O3. The predicted molar refractivity (Wildman–Crippen MR) is 111 cm³/mol. The third-order valence-corrected chi connectivity index (χ3v) is 6.22. The molecule has 1 atom stereocenters. The quantitative estimate of drug-likeness (QED) is 0.781. The predicted octanol–water partition coefficient (Wildman–Crippen LogP) is 2.38. The van der Waals surface area contributed by atoms with Crippen molar-refractivity contribution in [2.45, 2.75) is 44.2 Å². The summed E-state index contributed by atoms with van der Waals surface area (Å²) in [6, 6.07) is 6.17. The van der Waals surface area contributed by atoms with Gasteiger partial charge < -0.3 is 24.6 Å². The minimum absolute atomic E-state index is 0.0352. The third-order valence-electron chi connectivity index (χ3n) is 6.22. The second kappa shape index (κ2) is 8.97. The molecule has 2 N–H and O–H groups in total. The third kappa shape index (κ3) is 4.62. The average Bonchev–Trinajstić information content (AvgIpc) is 3.46. The van der Waals surface area contributed by atoms with E-state index in [-0.39, 0.29) is 18.6 Å². The summed E-state index contributed by atoms with van der Waals surface area (Å²) in [5.74, 6) is 0.257. The summed E-state index contributed by atoms with van der Waals surface area (Å²) < 4.78 is 7.35. The standard InChI is InChI=1S/C22H30N4O3/c1-29-21-4-2-18(3-5-21)24-22(28)17-10-19(25-8-6-16(13-25)14-27)12-20(11-17)26-9-7-23-15-26/h7,9-12,15-16,18,21,27H,2-6,8,13-14H2,1H3,(H,24,28)/t16-,18?,21?/m0/s1. The van der Waals surface area contributed by atoms with Crippen molar-refractivity contribution < 1.29 is 14.6 Å². The molecule has 156 valence electrons. The lowest BCUT2D eigenvalue weighted by molar-refractivity contribution is 0.0599. The molecule has 7 heteroatoms. The highest BCUT2D eigenvalue weighted by Crippen LogP contribution is 2.28. The van der Waals surface area contributed by atoms with Crippen molar-refractivity contribution in [1.29, 1.82) is 0 Å². The van der Waals surface area contributed by atoms with Gasteiger partial charge in [-0.05, 0) is 50.3 Å². The summed E-state index contributed by atoms with van der Waals surface area (Å²) in [5, 5.41) is 12.7. The number of aliphatic hydroxyl groups excluding tert-OH is 1. The maximum atomic E-state index is 13.0. The van der Waals surface area contributed by atoms with Crippen LogP contribution >= 0.6 is 0 Å². The molecule has 1 aromatic carbocycles. The van der Waals surface area contributed by atoms with Gasteiger partial charge in [-0.1, -0.05) is 0 Å². The molecule has 1 amide bonds. The Morgan fingerprint density at radius 3 is 2.66 bits per heavy atom. The van der Waals surface area contributed by atoms with Crippen molar-refractivity contribution in [2.75, 3.05) is 31.7 Å². The number of hydrogen-bond acceptors (Lipinski definition) is 5. The van der Waals surface area contributed by atoms with E-state index < -0.39 is 0 Å². The van der Waals surface area contributed by atoms with Crippen LogP contribution in [0, 0.1) is 5.92 Å². The monoisotopic (exact) mass is 398 g/mol. The Morgan fingerprint density at radius 1 is 1.21 bits per heavy atom. The first-order chi connectivity index (χ1) is 14.2. The van der Waals surface area contributed by atoms with Crippen molar-refractivity contribution in [2.24, 2.45) is 5.92 Å². The Labute approximate surface area is 171 Å². The summed E-state index contributed by atoms with van der Waals surface area (Å²) in [6.07, 6.45) is 10.5. The highest BCUT2D eigenvalue weighted by molar-refractivity contribution is 5.96. The van der Waals surface area contributed by atoms with E-state index in [4.69, 9.17) is 4.74 Å². The molecule has 7 nitrogen and oxygen atoms in total. The minimum Gasteiger partial charge on any atom is -0.396 e. The van der Waals surface area contributed by atoms with Crippen LogP contribution in [0.25, 0.3) is 5.69 Å². The molecule has 0 radical (unpaired) electrons. The Kier molecular flexibility index (Phi) is 6.16. The van der Waals surface area contributed by atoms with E-state index >= 15 is 0 Å². The zero-order valence-electron chi connectivity index (χ0n) is 17.0. The fourth-order valence-electron chi connectivity index (χ4n) is 4.40. The summed E-state index contributed by atoms with van der Waals surface area (Å²) in [6.45, 7) is 1.90. The van der Waals surface area contributed by atoms with E-state index in [9.17, 15) is 9.90 Å². The molecule has 1 aliphatic heterocycles. The summed E-state index contributed by atoms with van der Waals surface area (Å²) in [4.78, 5) is 19.4. The summed E-state index contributed by atoms with van der Waals surface area (Å²) >= 11 is 0. The van der Waals surface area contributed by atoms with Gasteiger partial charge in [0.15, 0.2) is 0 Å². The molecule has 1 saturated carbocycles. The van der Waals surface area contributed by atoms with E-state index in [1.165, 1.54) is 0 Å². The highest BCUT2D eigenvalue weighted by Gasteiger charge is 2.25. The summed E-state index contributed by atoms with van der Waals surface area (Å²) in [7, 11) is 1.76. The lowest BCUT2D eigenvalue weighted by Gasteiger charge is -2.28. The van der Waals surface area contributed by atoms with Gasteiger partial charge in [-0.15, -0.1) is 0 Å². The number of aliphatic hydroxyl groups is 1. The molecule has 1 saturated heterocycles. The van der Waals surface area contributed by atoms with Crippen molar-refractivity contribution in [1.82, 2.24) is 14.9 Å². The maximum Gasteiger partial charge on any atom is 0.251 e. The van der Waals surface area contributed by atoms with Crippen molar-refractivity contribution in [3.05, 3.63) is 42.5 Å². The highest BCUT2D eigenvalue weighted by atomic mass is 16.5. The molecular weight excluding hydrogens is 368 g/mol. The van der Waals surface area contributed by atoms with Gasteiger partial charge in [0.2, 0.25) is 0 Å². The largest absolute Gasteiger partial charge is 0.396 e. The number of carbonyl (C=O) groups excluding carboxylic acids is 1. The van der Waals surface area contributed by atoms with Crippen molar-refractivity contribution in [3.8, 4) is 5.69 Å². The van der Waals surface area contributed by atoms with E-state index in [1.54, 1.807) is 19.6 Å². The van der Waals surface area contributed by atoms with Crippen LogP contribution in [0.15, 0.2) is 36.9 Å². The van der Waals surface area contributed by atoms with Gasteiger partial charge in [0.05, 0.1) is 12.4 Å². The Hall–Kier alpha value is -2.38. The van der Waals surface area contributed by atoms with Crippen molar-refractivity contribution >= 4 is 11.6 Å². The zero-order chi connectivity index (χ0) is 20.2. The average molecular weight is 399 g/mol. The Balaban J connectivity index is 1.54. The number of rotatable bonds is 6. The van der Waals surface area contributed by atoms with E-state index in [1.807, 2.05) is 22.9 Å². The number of carbonyl (C=O) groups is 1. The topological polar surface area (TPSA) is 79.6 Å². The van der Waals surface area contributed by atoms with Crippen LogP contribution in [-0.2, 0) is 4.74 Å². The van der Waals surface area contributed by atoms with Gasteiger partial charge in [-0.3, -0.25) is 4.79 Å². The van der Waals surface area contributed by atoms with E-state index in [0.717, 1.165) is 56.6 Å². The molecule has 2 fully saturated rings. The number of anilines is 1. The van der Waals surface area contributed by atoms with E-state index in [0.29, 0.717) is 17.6 Å². The fourth-order valence-corrected chi connectivity index (χ4v) is 4.40. The molecule has 4 rings (SSSR count). The molecule has 2 aliphatic rings. The molecule has 2 heterocycles. The first-order valence-corrected chi connectivity index (χ1v) is 10.5. The number of nitrogens with one attached hydrogen (secondary N) is 1. The summed E-state index contributed by atoms with van der Waals surface area (Å²) in [5.41, 5.74) is 2.59. The van der Waals surface area contributed by atoms with Gasteiger partial charge in [0.1, 0.15) is 0 Å². The minimum atomic E-state index is -0.0352. The second-order valence-corrected chi connectivity index (χ2v) is 8.17. The van der Waals surface area contributed by atoms with Crippen LogP contribution < -0.4 is 10.2 Å². The van der Waals surface area contributed by atoms with E-state index in [2.05, 4.69) is 21.3 Å². The van der Waals surface area contributed by atoms with Crippen LogP contribution in [0.5, 0.6) is 0 Å². The number of aromatic nitrogens is 2. The lowest BCUT2D eigenvalue weighted by Crippen LogP contribution is -2.39. The first kappa shape index (κ1) is 19.9. The molecule has 29 heavy (non-hydrogen) atoms. The molecule has 1 aliphatic carbocycles. The Morgan fingerprint density at radius 2 is 2.00 bits per heavy atom. The van der Waals surface area contributed by atoms with Gasteiger partial charge >= 0.3 is 0 Å². The molecule has 0 unspecified atom stereocenters. The number of ether oxygens (including phenoxy) is 1. The van der Waals surface area contributed by atoms with Crippen LogP contribution in [0.4, 0.5) is 5.69 Å². The van der Waals surface area contributed by atoms with Crippen LogP contribution in [-0.4, -0.2) is 59.5 Å². The molecule has 0 spiro atoms. The SMILES string of the molecule is COC1CCC(NC(=O)c2cc(N3CC[C@H](CO)C3)cc(-n3ccnc3)c2)CC1. The van der Waals surface area contributed by atoms with Gasteiger partial charge in [-0.2, -0.15) is 0 Å². The second-order valence-electron chi connectivity index (χ2n) is 8.17. The normalized spacial score (nSPS) is 24.6. The fraction of sp³-hybridized carbons (Fsp3) is 0.545. The van der Waals surface area contributed by atoms with Gasteiger partial charge in [-0.25, -0.2) is 4.98 Å². The number of nitrogens with zero attached hydrogens (tertiary/aromatic N) is 3. The number of benzene rings is 1. The number of methoxy groups -OCH3 is 1. The number of imidazole rings is 1.